The molecule has 144 valence electrons. The van der Waals surface area contributed by atoms with Crippen LogP contribution in [0.4, 0.5) is 0 Å². The van der Waals surface area contributed by atoms with Crippen LogP contribution in [0.2, 0.25) is 0 Å². The van der Waals surface area contributed by atoms with Gasteiger partial charge >= 0.3 is 0 Å². The second-order valence-electron chi connectivity index (χ2n) is 7.88. The molecule has 0 atom stereocenters. The topological polar surface area (TPSA) is 38.9 Å². The summed E-state index contributed by atoms with van der Waals surface area (Å²) in [7, 11) is 0. The summed E-state index contributed by atoms with van der Waals surface area (Å²) < 4.78 is 5.48. The van der Waals surface area contributed by atoms with Crippen LogP contribution < -0.4 is 0 Å². The zero-order valence-electron chi connectivity index (χ0n) is 16.5. The Hall–Kier alpha value is -4.24. The maximum atomic E-state index is 5.48. The average molecular weight is 396 g/mol. The highest BCUT2D eigenvalue weighted by Gasteiger charge is 2.22. The lowest BCUT2D eigenvalue weighted by Gasteiger charge is -2.10. The molecule has 3 nitrogen and oxygen atoms in total. The molecule has 0 radical (unpaired) electrons. The fourth-order valence-electron chi connectivity index (χ4n) is 4.79. The van der Waals surface area contributed by atoms with E-state index in [9.17, 15) is 0 Å². The minimum atomic E-state index is 0.771. The van der Waals surface area contributed by atoms with Crippen LogP contribution in [0.3, 0.4) is 0 Å². The minimum absolute atomic E-state index is 0.771. The van der Waals surface area contributed by atoms with Crippen molar-refractivity contribution >= 4 is 21.9 Å². The molecule has 31 heavy (non-hydrogen) atoms. The van der Waals surface area contributed by atoms with Gasteiger partial charge in [-0.05, 0) is 57.3 Å². The van der Waals surface area contributed by atoms with Crippen LogP contribution in [-0.4, -0.2) is 9.97 Å². The van der Waals surface area contributed by atoms with Crippen molar-refractivity contribution < 1.29 is 4.42 Å². The fraction of sp³-hybridized carbons (Fsp3) is 0. The summed E-state index contributed by atoms with van der Waals surface area (Å²) in [6.07, 6.45) is 1.48. The van der Waals surface area contributed by atoms with Gasteiger partial charge in [-0.3, -0.25) is 0 Å². The van der Waals surface area contributed by atoms with Gasteiger partial charge in [-0.1, -0.05) is 66.7 Å². The Kier molecular flexibility index (Phi) is 3.27. The number of pyridine rings is 1. The van der Waals surface area contributed by atoms with Crippen LogP contribution in [0.1, 0.15) is 0 Å². The predicted molar refractivity (Wildman–Crippen MR) is 125 cm³/mol. The Morgan fingerprint density at radius 1 is 0.581 bits per heavy atom. The molecule has 3 heteroatoms. The van der Waals surface area contributed by atoms with Crippen molar-refractivity contribution in [2.24, 2.45) is 0 Å². The molecule has 2 heterocycles. The summed E-state index contributed by atoms with van der Waals surface area (Å²) in [4.78, 5) is 9.23. The third-order valence-electron chi connectivity index (χ3n) is 6.20. The van der Waals surface area contributed by atoms with E-state index in [-0.39, 0.29) is 0 Å². The highest BCUT2D eigenvalue weighted by Crippen LogP contribution is 2.48. The third kappa shape index (κ3) is 2.34. The van der Waals surface area contributed by atoms with Gasteiger partial charge in [0.05, 0.1) is 11.4 Å². The van der Waals surface area contributed by atoms with Crippen molar-refractivity contribution in [2.75, 3.05) is 0 Å². The number of nitrogens with zero attached hydrogens (tertiary/aromatic N) is 2. The molecule has 0 unspecified atom stereocenters. The highest BCUT2D eigenvalue weighted by molar-refractivity contribution is 6.18. The number of aromatic nitrogens is 2. The first-order valence-electron chi connectivity index (χ1n) is 10.3. The standard InChI is InChI=1S/C28H16N2O/c1-2-6-19-18(5-1)21-7-3-8-22-20(12-13-23(19)28(21)22)25-10-4-9-24(30-25)17-11-14-26-27(15-17)31-16-29-26/h1-16H. The van der Waals surface area contributed by atoms with Gasteiger partial charge in [0.2, 0.25) is 0 Å². The molecule has 7 rings (SSSR count). The second kappa shape index (κ2) is 6.13. The second-order valence-corrected chi connectivity index (χ2v) is 7.88. The van der Waals surface area contributed by atoms with Gasteiger partial charge < -0.3 is 4.42 Å². The van der Waals surface area contributed by atoms with Crippen molar-refractivity contribution in [3.05, 3.63) is 97.4 Å². The summed E-state index contributed by atoms with van der Waals surface area (Å²) in [5.74, 6) is 0. The normalized spacial score (nSPS) is 11.9. The number of benzene rings is 4. The van der Waals surface area contributed by atoms with E-state index in [4.69, 9.17) is 9.40 Å². The van der Waals surface area contributed by atoms with Gasteiger partial charge in [-0.2, -0.15) is 0 Å². The Morgan fingerprint density at radius 3 is 2.23 bits per heavy atom. The van der Waals surface area contributed by atoms with Gasteiger partial charge in [-0.25, -0.2) is 9.97 Å². The molecule has 0 bridgehead atoms. The molecule has 0 spiro atoms. The molecule has 0 aliphatic heterocycles. The van der Waals surface area contributed by atoms with E-state index in [1.807, 2.05) is 24.3 Å². The fourth-order valence-corrected chi connectivity index (χ4v) is 4.79. The summed E-state index contributed by atoms with van der Waals surface area (Å²) in [5, 5.41) is 2.55. The van der Waals surface area contributed by atoms with Crippen LogP contribution in [0.15, 0.2) is 102 Å². The lowest BCUT2D eigenvalue weighted by molar-refractivity contribution is 0.602. The van der Waals surface area contributed by atoms with Gasteiger partial charge in [-0.15, -0.1) is 0 Å². The van der Waals surface area contributed by atoms with E-state index >= 15 is 0 Å². The Labute approximate surface area is 178 Å². The summed E-state index contributed by atoms with van der Waals surface area (Å²) in [5.41, 5.74) is 10.9. The van der Waals surface area contributed by atoms with Gasteiger partial charge in [0.15, 0.2) is 12.0 Å². The summed E-state index contributed by atoms with van der Waals surface area (Å²) in [6, 6.07) is 31.9. The molecular formula is C28H16N2O. The lowest BCUT2D eigenvalue weighted by atomic mass is 9.96. The van der Waals surface area contributed by atoms with Gasteiger partial charge in [0, 0.05) is 11.1 Å². The number of rotatable bonds is 2. The first-order valence-corrected chi connectivity index (χ1v) is 10.3. The van der Waals surface area contributed by atoms with E-state index in [0.717, 1.165) is 33.6 Å². The van der Waals surface area contributed by atoms with E-state index in [1.165, 1.54) is 39.4 Å². The zero-order chi connectivity index (χ0) is 20.4. The highest BCUT2D eigenvalue weighted by atomic mass is 16.3. The van der Waals surface area contributed by atoms with Gasteiger partial charge in [0.1, 0.15) is 5.52 Å². The van der Waals surface area contributed by atoms with Crippen LogP contribution in [0.5, 0.6) is 0 Å². The van der Waals surface area contributed by atoms with E-state index in [1.54, 1.807) is 0 Å². The SMILES string of the molecule is c1cc(-c2ccc3ncoc3c2)nc(-c2ccc3c4c(cccc24)-c2ccccc2-3)c1. The molecule has 2 aromatic heterocycles. The Morgan fingerprint density at radius 2 is 1.32 bits per heavy atom. The molecule has 0 N–H and O–H groups in total. The van der Waals surface area contributed by atoms with E-state index < -0.39 is 0 Å². The monoisotopic (exact) mass is 396 g/mol. The number of hydrogen-bond acceptors (Lipinski definition) is 3. The number of hydrogen-bond donors (Lipinski definition) is 0. The molecule has 0 saturated heterocycles. The van der Waals surface area contributed by atoms with Crippen molar-refractivity contribution in [3.8, 4) is 44.8 Å². The van der Waals surface area contributed by atoms with Crippen molar-refractivity contribution in [1.82, 2.24) is 9.97 Å². The first-order chi connectivity index (χ1) is 15.4. The van der Waals surface area contributed by atoms with E-state index in [0.29, 0.717) is 0 Å². The van der Waals surface area contributed by atoms with Crippen molar-refractivity contribution in [2.45, 2.75) is 0 Å². The zero-order valence-corrected chi connectivity index (χ0v) is 16.5. The van der Waals surface area contributed by atoms with Gasteiger partial charge in [0.25, 0.3) is 0 Å². The third-order valence-corrected chi connectivity index (χ3v) is 6.20. The molecule has 4 aromatic carbocycles. The lowest BCUT2D eigenvalue weighted by Crippen LogP contribution is -1.90. The van der Waals surface area contributed by atoms with E-state index in [2.05, 4.69) is 71.7 Å². The minimum Gasteiger partial charge on any atom is -0.443 e. The molecule has 0 saturated carbocycles. The summed E-state index contributed by atoms with van der Waals surface area (Å²) >= 11 is 0. The molecular weight excluding hydrogens is 380 g/mol. The van der Waals surface area contributed by atoms with Crippen molar-refractivity contribution in [3.63, 3.8) is 0 Å². The molecule has 1 aliphatic rings. The molecule has 6 aromatic rings. The summed E-state index contributed by atoms with van der Waals surface area (Å²) in [6.45, 7) is 0. The largest absolute Gasteiger partial charge is 0.443 e. The maximum Gasteiger partial charge on any atom is 0.181 e. The Bertz CT molecular complexity index is 1620. The molecule has 1 aliphatic carbocycles. The van der Waals surface area contributed by atoms with Crippen LogP contribution in [-0.2, 0) is 0 Å². The Balaban J connectivity index is 1.43. The smallest absolute Gasteiger partial charge is 0.181 e. The predicted octanol–water partition coefficient (Wildman–Crippen LogP) is 7.36. The number of fused-ring (bicyclic) bond motifs is 4. The van der Waals surface area contributed by atoms with Crippen LogP contribution >= 0.6 is 0 Å². The quantitative estimate of drug-likeness (QED) is 0.306. The molecule has 0 fully saturated rings. The van der Waals surface area contributed by atoms with Crippen LogP contribution in [0, 0.1) is 0 Å². The van der Waals surface area contributed by atoms with Crippen molar-refractivity contribution in [1.29, 1.82) is 0 Å². The maximum absolute atomic E-state index is 5.48. The number of oxazole rings is 1. The molecule has 0 amide bonds. The average Bonchev–Trinajstić information content (AvgIpc) is 3.43. The van der Waals surface area contributed by atoms with Crippen LogP contribution in [0.25, 0.3) is 66.6 Å². The first kappa shape index (κ1) is 16.5.